The summed E-state index contributed by atoms with van der Waals surface area (Å²) in [6.07, 6.45) is 9.85. The predicted molar refractivity (Wildman–Crippen MR) is 65.3 cm³/mol. The fraction of sp³-hybridized carbons (Fsp3) is 0.429. The highest BCUT2D eigenvalue weighted by Gasteiger charge is 1.95. The molecule has 16 heavy (non-hydrogen) atoms. The van der Waals surface area contributed by atoms with E-state index >= 15 is 0 Å². The number of aldehydes is 1. The fourth-order valence-corrected chi connectivity index (χ4v) is 1.41. The summed E-state index contributed by atoms with van der Waals surface area (Å²) < 4.78 is 0. The quantitative estimate of drug-likeness (QED) is 0.429. The number of pyridine rings is 1. The summed E-state index contributed by atoms with van der Waals surface area (Å²) in [5.41, 5.74) is 1.35. The molecule has 1 rings (SSSR count). The van der Waals surface area contributed by atoms with Crippen molar-refractivity contribution < 1.29 is 4.79 Å². The molecule has 0 saturated heterocycles. The Morgan fingerprint density at radius 1 is 1.38 bits per heavy atom. The maximum Gasteiger partial charge on any atom is 0.151 e. The lowest BCUT2D eigenvalue weighted by Gasteiger charge is -1.94. The lowest BCUT2D eigenvalue weighted by molar-refractivity contribution is 0.112. The van der Waals surface area contributed by atoms with Gasteiger partial charge in [-0.25, -0.2) is 0 Å². The third kappa shape index (κ3) is 4.27. The summed E-state index contributed by atoms with van der Waals surface area (Å²) in [4.78, 5) is 14.7. The van der Waals surface area contributed by atoms with Crippen LogP contribution in [0.2, 0.25) is 0 Å². The van der Waals surface area contributed by atoms with Gasteiger partial charge in [-0.2, -0.15) is 0 Å². The molecule has 0 unspecified atom stereocenters. The topological polar surface area (TPSA) is 30.0 Å². The number of rotatable bonds is 5. The van der Waals surface area contributed by atoms with Crippen molar-refractivity contribution in [2.24, 2.45) is 0 Å². The highest BCUT2D eigenvalue weighted by Crippen LogP contribution is 2.03. The third-order valence-corrected chi connectivity index (χ3v) is 2.36. The van der Waals surface area contributed by atoms with E-state index in [4.69, 9.17) is 0 Å². The van der Waals surface area contributed by atoms with E-state index < -0.39 is 0 Å². The molecular formula is C14H17NO. The zero-order valence-electron chi connectivity index (χ0n) is 9.70. The highest BCUT2D eigenvalue weighted by atomic mass is 16.1. The Morgan fingerprint density at radius 2 is 2.25 bits per heavy atom. The summed E-state index contributed by atoms with van der Waals surface area (Å²) in [6, 6.07) is 1.69. The van der Waals surface area contributed by atoms with Crippen LogP contribution in [0.5, 0.6) is 0 Å². The normalized spacial score (nSPS) is 9.31. The molecule has 0 saturated carbocycles. The van der Waals surface area contributed by atoms with Crippen molar-refractivity contribution >= 4 is 6.29 Å². The lowest BCUT2D eigenvalue weighted by Crippen LogP contribution is -1.87. The molecule has 0 aromatic carbocycles. The number of carbonyl (C=O) groups is 1. The van der Waals surface area contributed by atoms with Gasteiger partial charge in [-0.1, -0.05) is 38.0 Å². The van der Waals surface area contributed by atoms with Crippen molar-refractivity contribution in [3.05, 3.63) is 29.6 Å². The standard InChI is InChI=1S/C14H17NO/c1-2-3-4-5-6-7-8-13-11-15-10-9-14(13)12-16/h9-12H,2-6H2,1H3. The first-order valence-electron chi connectivity index (χ1n) is 5.76. The summed E-state index contributed by atoms with van der Waals surface area (Å²) in [7, 11) is 0. The molecule has 1 aromatic heterocycles. The van der Waals surface area contributed by atoms with E-state index in [-0.39, 0.29) is 0 Å². The second-order valence-electron chi connectivity index (χ2n) is 3.69. The van der Waals surface area contributed by atoms with Crippen molar-refractivity contribution in [1.29, 1.82) is 0 Å². The van der Waals surface area contributed by atoms with Crippen LogP contribution in [-0.4, -0.2) is 11.3 Å². The third-order valence-electron chi connectivity index (χ3n) is 2.36. The second-order valence-corrected chi connectivity index (χ2v) is 3.69. The Balaban J connectivity index is 2.46. The van der Waals surface area contributed by atoms with Gasteiger partial charge in [0.1, 0.15) is 0 Å². The smallest absolute Gasteiger partial charge is 0.151 e. The molecule has 2 nitrogen and oxygen atoms in total. The van der Waals surface area contributed by atoms with Gasteiger partial charge >= 0.3 is 0 Å². The van der Waals surface area contributed by atoms with Gasteiger partial charge in [-0.05, 0) is 12.5 Å². The number of unbranched alkanes of at least 4 members (excludes halogenated alkanes) is 4. The van der Waals surface area contributed by atoms with Gasteiger partial charge in [-0.3, -0.25) is 9.78 Å². The predicted octanol–water partition coefficient (Wildman–Crippen LogP) is 3.22. The summed E-state index contributed by atoms with van der Waals surface area (Å²) >= 11 is 0. The van der Waals surface area contributed by atoms with Crippen molar-refractivity contribution in [2.45, 2.75) is 39.0 Å². The average Bonchev–Trinajstić information content (AvgIpc) is 2.34. The molecule has 0 spiro atoms. The molecule has 0 atom stereocenters. The Hall–Kier alpha value is -1.62. The highest BCUT2D eigenvalue weighted by molar-refractivity contribution is 5.78. The van der Waals surface area contributed by atoms with Crippen LogP contribution < -0.4 is 0 Å². The Labute approximate surface area is 97.1 Å². The molecule has 0 amide bonds. The second kappa shape index (κ2) is 7.64. The molecular weight excluding hydrogens is 198 g/mol. The van der Waals surface area contributed by atoms with E-state index in [0.717, 1.165) is 24.7 Å². The van der Waals surface area contributed by atoms with Gasteiger partial charge in [0.2, 0.25) is 0 Å². The van der Waals surface area contributed by atoms with Gasteiger partial charge in [0.25, 0.3) is 0 Å². The first-order chi connectivity index (χ1) is 7.88. The van der Waals surface area contributed by atoms with Gasteiger partial charge in [-0.15, -0.1) is 0 Å². The van der Waals surface area contributed by atoms with E-state index in [2.05, 4.69) is 23.7 Å². The maximum atomic E-state index is 10.7. The summed E-state index contributed by atoms with van der Waals surface area (Å²) in [6.45, 7) is 2.19. The first kappa shape index (κ1) is 12.4. The van der Waals surface area contributed by atoms with Crippen LogP contribution in [-0.2, 0) is 0 Å². The van der Waals surface area contributed by atoms with Gasteiger partial charge < -0.3 is 0 Å². The molecule has 1 heterocycles. The largest absolute Gasteiger partial charge is 0.298 e. The van der Waals surface area contributed by atoms with Gasteiger partial charge in [0.15, 0.2) is 6.29 Å². The Morgan fingerprint density at radius 3 is 3.00 bits per heavy atom. The van der Waals surface area contributed by atoms with E-state index in [1.54, 1.807) is 18.5 Å². The van der Waals surface area contributed by atoms with E-state index in [9.17, 15) is 4.79 Å². The minimum atomic E-state index is 0.621. The number of hydrogen-bond acceptors (Lipinski definition) is 2. The van der Waals surface area contributed by atoms with Crippen LogP contribution in [0.4, 0.5) is 0 Å². The minimum absolute atomic E-state index is 0.621. The van der Waals surface area contributed by atoms with Crippen LogP contribution >= 0.6 is 0 Å². The monoisotopic (exact) mass is 215 g/mol. The molecule has 84 valence electrons. The zero-order chi connectivity index (χ0) is 11.6. The minimum Gasteiger partial charge on any atom is -0.298 e. The number of hydrogen-bond donors (Lipinski definition) is 0. The van der Waals surface area contributed by atoms with Gasteiger partial charge in [0, 0.05) is 24.4 Å². The first-order valence-corrected chi connectivity index (χ1v) is 5.76. The van der Waals surface area contributed by atoms with Crippen molar-refractivity contribution in [3.8, 4) is 11.8 Å². The molecule has 0 aliphatic carbocycles. The average molecular weight is 215 g/mol. The van der Waals surface area contributed by atoms with Crippen LogP contribution in [0.3, 0.4) is 0 Å². The number of nitrogens with zero attached hydrogens (tertiary/aromatic N) is 1. The van der Waals surface area contributed by atoms with Gasteiger partial charge in [0.05, 0.1) is 5.56 Å². The zero-order valence-corrected chi connectivity index (χ0v) is 9.70. The molecule has 0 radical (unpaired) electrons. The van der Waals surface area contributed by atoms with Crippen molar-refractivity contribution in [2.75, 3.05) is 0 Å². The molecule has 1 aromatic rings. The molecule has 0 aliphatic heterocycles. The van der Waals surface area contributed by atoms with E-state index in [1.807, 2.05) is 0 Å². The summed E-state index contributed by atoms with van der Waals surface area (Å²) in [5, 5.41) is 0. The van der Waals surface area contributed by atoms with E-state index in [0.29, 0.717) is 5.56 Å². The molecule has 0 fully saturated rings. The van der Waals surface area contributed by atoms with Crippen LogP contribution in [0.15, 0.2) is 18.5 Å². The van der Waals surface area contributed by atoms with Crippen molar-refractivity contribution in [1.82, 2.24) is 4.98 Å². The SMILES string of the molecule is CCCCCCC#Cc1cnccc1C=O. The molecule has 0 aliphatic rings. The Kier molecular flexibility index (Phi) is 5.95. The van der Waals surface area contributed by atoms with Crippen LogP contribution in [0, 0.1) is 11.8 Å². The van der Waals surface area contributed by atoms with Crippen LogP contribution in [0.25, 0.3) is 0 Å². The Bertz CT molecular complexity index is 387. The number of aromatic nitrogens is 1. The maximum absolute atomic E-state index is 10.7. The fourth-order valence-electron chi connectivity index (χ4n) is 1.41. The molecule has 2 heteroatoms. The summed E-state index contributed by atoms with van der Waals surface area (Å²) in [5.74, 6) is 6.08. The van der Waals surface area contributed by atoms with Crippen molar-refractivity contribution in [3.63, 3.8) is 0 Å². The van der Waals surface area contributed by atoms with Crippen LogP contribution in [0.1, 0.15) is 54.9 Å². The molecule has 0 N–H and O–H groups in total. The van der Waals surface area contributed by atoms with E-state index in [1.165, 1.54) is 19.3 Å². The lowest BCUT2D eigenvalue weighted by atomic mass is 10.1. The molecule has 0 bridgehead atoms. The number of carbonyl (C=O) groups excluding carboxylic acids is 1.